The minimum absolute atomic E-state index is 0.675. The van der Waals surface area contributed by atoms with Gasteiger partial charge in [0.15, 0.2) is 11.4 Å². The van der Waals surface area contributed by atoms with Gasteiger partial charge >= 0.3 is 5.82 Å². The number of hydrogen-bond donors (Lipinski definition) is 3. The van der Waals surface area contributed by atoms with E-state index in [1.54, 1.807) is 0 Å². The van der Waals surface area contributed by atoms with Crippen LogP contribution in [0.25, 0.3) is 33.5 Å². The van der Waals surface area contributed by atoms with E-state index in [1.165, 1.54) is 4.73 Å². The minimum atomic E-state index is 0.675. The monoisotopic (exact) mass is 290 g/mol. The molecule has 108 valence electrons. The smallest absolute Gasteiger partial charge is 0.328 e. The molecule has 0 aliphatic carbocycles. The molecule has 3 N–H and O–H groups in total. The molecule has 4 nitrogen and oxygen atoms in total. The minimum Gasteiger partial charge on any atom is -0.360 e. The van der Waals surface area contributed by atoms with Crippen LogP contribution < -0.4 is 4.73 Å². The zero-order chi connectivity index (χ0) is 15.1. The number of H-pyrrole nitrogens is 2. The van der Waals surface area contributed by atoms with Crippen LogP contribution in [0, 0.1) is 6.92 Å². The first-order valence-corrected chi connectivity index (χ1v) is 7.21. The number of benzene rings is 2. The Hall–Kier alpha value is -3.01. The van der Waals surface area contributed by atoms with Crippen LogP contribution >= 0.6 is 0 Å². The lowest BCUT2D eigenvalue weighted by Gasteiger charge is -1.93. The summed E-state index contributed by atoms with van der Waals surface area (Å²) < 4.78 is 1.22. The molecule has 0 bridgehead atoms. The number of fused-ring (bicyclic) bond motifs is 1. The average molecular weight is 290 g/mol. The quantitative estimate of drug-likeness (QED) is 0.383. The van der Waals surface area contributed by atoms with Crippen LogP contribution in [-0.2, 0) is 0 Å². The zero-order valence-corrected chi connectivity index (χ0v) is 12.2. The van der Waals surface area contributed by atoms with Crippen molar-refractivity contribution in [3.05, 3.63) is 66.5 Å². The van der Waals surface area contributed by atoms with E-state index in [0.717, 1.165) is 33.4 Å². The van der Waals surface area contributed by atoms with Crippen molar-refractivity contribution < 1.29 is 9.94 Å². The number of imidazole rings is 1. The Morgan fingerprint density at radius 2 is 1.68 bits per heavy atom. The van der Waals surface area contributed by atoms with E-state index in [2.05, 4.69) is 9.97 Å². The lowest BCUT2D eigenvalue weighted by molar-refractivity contribution is -0.898. The molecule has 22 heavy (non-hydrogen) atoms. The first-order valence-electron chi connectivity index (χ1n) is 7.21. The fourth-order valence-electron chi connectivity index (χ4n) is 2.87. The van der Waals surface area contributed by atoms with E-state index in [9.17, 15) is 5.21 Å². The maximum Gasteiger partial charge on any atom is 0.328 e. The van der Waals surface area contributed by atoms with Gasteiger partial charge in [0.1, 0.15) is 0 Å². The van der Waals surface area contributed by atoms with Crippen LogP contribution in [0.5, 0.6) is 0 Å². The van der Waals surface area contributed by atoms with Crippen molar-refractivity contribution in [3.8, 4) is 22.6 Å². The van der Waals surface area contributed by atoms with Crippen LogP contribution in [0.2, 0.25) is 0 Å². The predicted octanol–water partition coefficient (Wildman–Crippen LogP) is 3.66. The maximum atomic E-state index is 10.5. The first-order chi connectivity index (χ1) is 10.8. The highest BCUT2D eigenvalue weighted by molar-refractivity contribution is 5.93. The summed E-state index contributed by atoms with van der Waals surface area (Å²) in [5.74, 6) is 0.675. The van der Waals surface area contributed by atoms with Gasteiger partial charge in [-0.25, -0.2) is 4.98 Å². The van der Waals surface area contributed by atoms with Crippen LogP contribution in [-0.4, -0.2) is 15.2 Å². The predicted molar refractivity (Wildman–Crippen MR) is 85.6 cm³/mol. The molecular formula is C18H16N3O+. The highest BCUT2D eigenvalue weighted by atomic mass is 16.5. The van der Waals surface area contributed by atoms with Gasteiger partial charge in [0, 0.05) is 29.6 Å². The maximum absolute atomic E-state index is 10.5. The Labute approximate surface area is 127 Å². The van der Waals surface area contributed by atoms with Crippen molar-refractivity contribution in [1.29, 1.82) is 0 Å². The van der Waals surface area contributed by atoms with Crippen molar-refractivity contribution in [2.45, 2.75) is 6.92 Å². The number of rotatable bonds is 2. The number of nitrogens with zero attached hydrogens (tertiary/aromatic N) is 1. The molecular weight excluding hydrogens is 274 g/mol. The van der Waals surface area contributed by atoms with Crippen molar-refractivity contribution in [3.63, 3.8) is 0 Å². The number of para-hydroxylation sites is 1. The van der Waals surface area contributed by atoms with Gasteiger partial charge in [0.2, 0.25) is 0 Å². The number of aromatic nitrogens is 3. The van der Waals surface area contributed by atoms with E-state index in [-0.39, 0.29) is 0 Å². The lowest BCUT2D eigenvalue weighted by Crippen LogP contribution is -2.33. The van der Waals surface area contributed by atoms with E-state index in [4.69, 9.17) is 0 Å². The SMILES string of the molecule is Cc1c(-c2ccccc2)[nH]c(-c2c[nH]c3ccccc23)[n+]1O. The van der Waals surface area contributed by atoms with E-state index in [1.807, 2.05) is 67.7 Å². The number of hydrogen-bond acceptors (Lipinski definition) is 1. The van der Waals surface area contributed by atoms with Gasteiger partial charge in [0.25, 0.3) is 0 Å². The number of aromatic amines is 2. The van der Waals surface area contributed by atoms with Gasteiger partial charge in [-0.15, -0.1) is 0 Å². The third-order valence-corrected chi connectivity index (χ3v) is 4.04. The standard InChI is InChI=1S/C18H15N3O/c1-12-17(13-7-3-2-4-8-13)20-18(21(12)22)15-11-19-16-10-6-5-9-14(15)16/h2-11,22H,1H3,(H,19,20)/p+1. The normalized spacial score (nSPS) is 11.1. The molecule has 0 aliphatic rings. The molecule has 4 rings (SSSR count). The molecule has 0 spiro atoms. The van der Waals surface area contributed by atoms with Crippen LogP contribution in [0.4, 0.5) is 0 Å². The Morgan fingerprint density at radius 1 is 0.955 bits per heavy atom. The Kier molecular flexibility index (Phi) is 2.76. The summed E-state index contributed by atoms with van der Waals surface area (Å²) in [4.78, 5) is 6.59. The fourth-order valence-corrected chi connectivity index (χ4v) is 2.87. The van der Waals surface area contributed by atoms with Gasteiger partial charge in [0.05, 0.1) is 5.56 Å². The molecule has 4 heteroatoms. The molecule has 0 saturated carbocycles. The Morgan fingerprint density at radius 3 is 2.50 bits per heavy atom. The van der Waals surface area contributed by atoms with Gasteiger partial charge in [-0.05, 0) is 10.8 Å². The van der Waals surface area contributed by atoms with Crippen molar-refractivity contribution in [1.82, 2.24) is 9.97 Å². The molecule has 2 aromatic heterocycles. The molecule has 0 amide bonds. The lowest BCUT2D eigenvalue weighted by atomic mass is 10.1. The zero-order valence-electron chi connectivity index (χ0n) is 12.2. The van der Waals surface area contributed by atoms with E-state index < -0.39 is 0 Å². The van der Waals surface area contributed by atoms with E-state index >= 15 is 0 Å². The van der Waals surface area contributed by atoms with Crippen LogP contribution in [0.1, 0.15) is 5.69 Å². The Bertz CT molecular complexity index is 951. The summed E-state index contributed by atoms with van der Waals surface area (Å²) in [6.07, 6.45) is 1.91. The molecule has 2 aromatic carbocycles. The second-order valence-corrected chi connectivity index (χ2v) is 5.36. The highest BCUT2D eigenvalue weighted by Crippen LogP contribution is 2.28. The summed E-state index contributed by atoms with van der Waals surface area (Å²) >= 11 is 0. The molecule has 0 fully saturated rings. The molecule has 2 heterocycles. The molecule has 0 saturated heterocycles. The van der Waals surface area contributed by atoms with Gasteiger partial charge in [-0.1, -0.05) is 48.5 Å². The molecule has 0 aliphatic heterocycles. The summed E-state index contributed by atoms with van der Waals surface area (Å²) in [5.41, 5.74) is 4.75. The third kappa shape index (κ3) is 1.81. The summed E-state index contributed by atoms with van der Waals surface area (Å²) in [7, 11) is 0. The second kappa shape index (κ2) is 4.77. The van der Waals surface area contributed by atoms with Crippen LogP contribution in [0.3, 0.4) is 0 Å². The topological polar surface area (TPSA) is 55.7 Å². The van der Waals surface area contributed by atoms with Gasteiger partial charge in [-0.3, -0.25) is 0 Å². The molecule has 4 aromatic rings. The first kappa shape index (κ1) is 12.7. The molecule has 0 radical (unpaired) electrons. The third-order valence-electron chi connectivity index (χ3n) is 4.04. The molecule has 0 atom stereocenters. The van der Waals surface area contributed by atoms with E-state index in [0.29, 0.717) is 5.82 Å². The number of nitrogens with one attached hydrogen (secondary N) is 2. The summed E-state index contributed by atoms with van der Waals surface area (Å²) in [5, 5.41) is 11.6. The molecule has 0 unspecified atom stereocenters. The highest BCUT2D eigenvalue weighted by Gasteiger charge is 2.25. The Balaban J connectivity index is 1.94. The van der Waals surface area contributed by atoms with Crippen molar-refractivity contribution in [2.24, 2.45) is 0 Å². The second-order valence-electron chi connectivity index (χ2n) is 5.36. The van der Waals surface area contributed by atoms with Gasteiger partial charge in [-0.2, -0.15) is 0 Å². The fraction of sp³-hybridized carbons (Fsp3) is 0.0556. The average Bonchev–Trinajstić information content (AvgIpc) is 3.11. The van der Waals surface area contributed by atoms with Crippen molar-refractivity contribution in [2.75, 3.05) is 0 Å². The largest absolute Gasteiger partial charge is 0.360 e. The van der Waals surface area contributed by atoms with Crippen molar-refractivity contribution >= 4 is 10.9 Å². The summed E-state index contributed by atoms with van der Waals surface area (Å²) in [6.45, 7) is 1.90. The van der Waals surface area contributed by atoms with Gasteiger partial charge < -0.3 is 10.2 Å². The van der Waals surface area contributed by atoms with Crippen LogP contribution in [0.15, 0.2) is 60.8 Å². The summed E-state index contributed by atoms with van der Waals surface area (Å²) in [6, 6.07) is 18.1.